The molecule has 1 aromatic rings. The van der Waals surface area contributed by atoms with Crippen molar-refractivity contribution in [3.63, 3.8) is 0 Å². The Morgan fingerprint density at radius 3 is 2.61 bits per heavy atom. The molecule has 6 heteroatoms. The van der Waals surface area contributed by atoms with Gasteiger partial charge >= 0.3 is 0 Å². The number of hydrogen-bond acceptors (Lipinski definition) is 4. The third-order valence-electron chi connectivity index (χ3n) is 4.87. The molecule has 2 N–H and O–H groups in total. The van der Waals surface area contributed by atoms with Gasteiger partial charge in [-0.15, -0.1) is 0 Å². The van der Waals surface area contributed by atoms with E-state index in [-0.39, 0.29) is 5.60 Å². The van der Waals surface area contributed by atoms with Crippen LogP contribution in [-0.2, 0) is 17.8 Å². The molecule has 2 aliphatic rings. The van der Waals surface area contributed by atoms with Gasteiger partial charge in [0.15, 0.2) is 5.03 Å². The van der Waals surface area contributed by atoms with Crippen molar-refractivity contribution < 1.29 is 14.6 Å². The number of likely N-dealkylation sites (N-methyl/N-ethyl adjacent to an activating group) is 1. The molecule has 124 valence electrons. The van der Waals surface area contributed by atoms with Gasteiger partial charge in [0, 0.05) is 6.42 Å². The fourth-order valence-electron chi connectivity index (χ4n) is 3.42. The molecule has 3 rings (SSSR count). The van der Waals surface area contributed by atoms with Crippen LogP contribution in [0.3, 0.4) is 0 Å². The summed E-state index contributed by atoms with van der Waals surface area (Å²) in [6, 6.07) is 2.42. The molecule has 2 aliphatic heterocycles. The molecule has 23 heavy (non-hydrogen) atoms. The average molecular weight is 334 g/mol. The molecule has 0 spiro atoms. The van der Waals surface area contributed by atoms with Gasteiger partial charge in [-0.3, -0.25) is 0 Å². The Kier molecular flexibility index (Phi) is 4.54. The molecule has 0 aliphatic carbocycles. The Hall–Kier alpha value is -1.29. The van der Waals surface area contributed by atoms with Crippen molar-refractivity contribution >= 4 is 17.6 Å². The van der Waals surface area contributed by atoms with Gasteiger partial charge in [0.2, 0.25) is 0 Å². The molecule has 0 amide bonds. The lowest BCUT2D eigenvalue weighted by atomic mass is 9.89. The minimum atomic E-state index is -0.209. The molecular formula is C17H26N4OS+2. The summed E-state index contributed by atoms with van der Waals surface area (Å²) in [5.41, 5.74) is 2.94. The van der Waals surface area contributed by atoms with Crippen molar-refractivity contribution in [3.05, 3.63) is 16.7 Å². The van der Waals surface area contributed by atoms with E-state index in [1.807, 2.05) is 6.26 Å². The lowest BCUT2D eigenvalue weighted by Crippen LogP contribution is -3.12. The summed E-state index contributed by atoms with van der Waals surface area (Å²) in [4.78, 5) is 7.53. The number of nitriles is 1. The Bertz CT molecular complexity index is 645. The highest BCUT2D eigenvalue weighted by Gasteiger charge is 2.37. The van der Waals surface area contributed by atoms with Crippen molar-refractivity contribution in [2.45, 2.75) is 37.5 Å². The van der Waals surface area contributed by atoms with E-state index in [0.717, 1.165) is 49.0 Å². The molecule has 1 fully saturated rings. The van der Waals surface area contributed by atoms with Crippen LogP contribution in [0, 0.1) is 11.3 Å². The van der Waals surface area contributed by atoms with E-state index in [1.54, 1.807) is 16.7 Å². The van der Waals surface area contributed by atoms with Crippen LogP contribution in [-0.4, -0.2) is 45.1 Å². The first-order valence-electron chi connectivity index (χ1n) is 8.20. The number of aromatic nitrogens is 1. The minimum absolute atomic E-state index is 0.209. The van der Waals surface area contributed by atoms with E-state index in [1.165, 1.54) is 11.1 Å². The molecule has 0 saturated carbocycles. The van der Waals surface area contributed by atoms with Gasteiger partial charge < -0.3 is 9.64 Å². The van der Waals surface area contributed by atoms with Crippen molar-refractivity contribution in [2.24, 2.45) is 0 Å². The van der Waals surface area contributed by atoms with Crippen molar-refractivity contribution in [3.8, 4) is 6.07 Å². The number of fused-ring (bicyclic) bond motifs is 1. The average Bonchev–Trinajstić information content (AvgIpc) is 2.53. The maximum absolute atomic E-state index is 9.67. The summed E-state index contributed by atoms with van der Waals surface area (Å²) >= 11 is 1.62. The number of rotatable bonds is 2. The number of pyridine rings is 1. The van der Waals surface area contributed by atoms with E-state index in [0.29, 0.717) is 6.61 Å². The zero-order valence-corrected chi connectivity index (χ0v) is 15.3. The highest BCUT2D eigenvalue weighted by Crippen LogP contribution is 2.36. The Labute approximate surface area is 142 Å². The Morgan fingerprint density at radius 1 is 1.30 bits per heavy atom. The second-order valence-corrected chi connectivity index (χ2v) is 7.94. The van der Waals surface area contributed by atoms with Gasteiger partial charge in [-0.1, -0.05) is 11.8 Å². The van der Waals surface area contributed by atoms with E-state index >= 15 is 0 Å². The number of anilines is 1. The van der Waals surface area contributed by atoms with Crippen LogP contribution in [0.1, 0.15) is 30.5 Å². The van der Waals surface area contributed by atoms with Crippen molar-refractivity contribution in [1.82, 2.24) is 0 Å². The molecule has 5 nitrogen and oxygen atoms in total. The summed E-state index contributed by atoms with van der Waals surface area (Å²) in [6.07, 6.45) is 2.82. The third-order valence-corrected chi connectivity index (χ3v) is 5.58. The number of H-pyrrole nitrogens is 1. The molecule has 1 aromatic heterocycles. The SMILES string of the molecule is CSc1[nH+]c(N2CC[NH+](C)CC2)c2c(c1C#N)CC(C)(C)OC2. The zero-order valence-electron chi connectivity index (χ0n) is 14.5. The van der Waals surface area contributed by atoms with Gasteiger partial charge in [-0.25, -0.2) is 9.88 Å². The maximum Gasteiger partial charge on any atom is 0.281 e. The first-order valence-corrected chi connectivity index (χ1v) is 9.43. The van der Waals surface area contributed by atoms with Gasteiger partial charge in [0.05, 0.1) is 24.8 Å². The lowest BCUT2D eigenvalue weighted by molar-refractivity contribution is -0.880. The van der Waals surface area contributed by atoms with Gasteiger partial charge in [0.1, 0.15) is 37.8 Å². The molecule has 0 aromatic carbocycles. The quantitative estimate of drug-likeness (QED) is 0.790. The van der Waals surface area contributed by atoms with E-state index < -0.39 is 0 Å². The maximum atomic E-state index is 9.67. The number of nitrogens with zero attached hydrogens (tertiary/aromatic N) is 2. The van der Waals surface area contributed by atoms with Crippen LogP contribution < -0.4 is 14.8 Å². The second-order valence-electron chi connectivity index (χ2n) is 7.12. The van der Waals surface area contributed by atoms with Crippen LogP contribution in [0.15, 0.2) is 5.03 Å². The monoisotopic (exact) mass is 334 g/mol. The number of nitrogens with one attached hydrogen (secondary N) is 2. The van der Waals surface area contributed by atoms with Crippen molar-refractivity contribution in [1.29, 1.82) is 5.26 Å². The van der Waals surface area contributed by atoms with Crippen LogP contribution in [0.2, 0.25) is 0 Å². The Balaban J connectivity index is 2.09. The molecular weight excluding hydrogens is 308 g/mol. The summed E-state index contributed by atoms with van der Waals surface area (Å²) in [5.74, 6) is 1.16. The number of ether oxygens (including phenoxy) is 1. The lowest BCUT2D eigenvalue weighted by Gasteiger charge is -2.34. The predicted octanol–water partition coefficient (Wildman–Crippen LogP) is 0.280. The first-order chi connectivity index (χ1) is 10.9. The molecule has 3 heterocycles. The normalized spacial score (nSPS) is 20.9. The van der Waals surface area contributed by atoms with Gasteiger partial charge in [0.25, 0.3) is 5.82 Å². The molecule has 0 unspecified atom stereocenters. The largest absolute Gasteiger partial charge is 0.370 e. The highest BCUT2D eigenvalue weighted by molar-refractivity contribution is 7.98. The number of hydrogen-bond donors (Lipinski definition) is 1. The topological polar surface area (TPSA) is 54.8 Å². The molecule has 0 bridgehead atoms. The van der Waals surface area contributed by atoms with E-state index in [4.69, 9.17) is 4.74 Å². The number of thioether (sulfide) groups is 1. The number of piperazine rings is 1. The standard InChI is InChI=1S/C17H24N4OS/c1-17(2)9-12-13(10-18)16(23-4)19-15(14(12)11-22-17)21-7-5-20(3)6-8-21/h5-9,11H2,1-4H3/p+2. The smallest absolute Gasteiger partial charge is 0.281 e. The number of quaternary nitrogens is 1. The Morgan fingerprint density at radius 2 is 2.00 bits per heavy atom. The number of aromatic amines is 1. The first kappa shape index (κ1) is 16.6. The van der Waals surface area contributed by atoms with Gasteiger partial charge in [-0.2, -0.15) is 5.26 Å². The van der Waals surface area contributed by atoms with E-state index in [2.05, 4.69) is 36.8 Å². The fraction of sp³-hybridized carbons (Fsp3) is 0.647. The van der Waals surface area contributed by atoms with Crippen LogP contribution in [0.4, 0.5) is 5.82 Å². The summed E-state index contributed by atoms with van der Waals surface area (Å²) < 4.78 is 6.05. The second kappa shape index (κ2) is 6.31. The summed E-state index contributed by atoms with van der Waals surface area (Å²) in [5, 5.41) is 10.6. The summed E-state index contributed by atoms with van der Waals surface area (Å²) in [6.45, 7) is 9.15. The predicted molar refractivity (Wildman–Crippen MR) is 90.9 cm³/mol. The molecule has 1 saturated heterocycles. The van der Waals surface area contributed by atoms with Crippen LogP contribution in [0.5, 0.6) is 0 Å². The highest BCUT2D eigenvalue weighted by atomic mass is 32.2. The van der Waals surface area contributed by atoms with E-state index in [9.17, 15) is 5.26 Å². The minimum Gasteiger partial charge on any atom is -0.370 e. The van der Waals surface area contributed by atoms with Crippen LogP contribution >= 0.6 is 11.8 Å². The zero-order chi connectivity index (χ0) is 16.6. The van der Waals surface area contributed by atoms with Crippen molar-refractivity contribution in [2.75, 3.05) is 44.4 Å². The fourth-order valence-corrected chi connectivity index (χ4v) is 4.00. The summed E-state index contributed by atoms with van der Waals surface area (Å²) in [7, 11) is 2.24. The molecule has 0 atom stereocenters. The van der Waals surface area contributed by atoms with Gasteiger partial charge in [-0.05, 0) is 25.7 Å². The third kappa shape index (κ3) is 3.18. The van der Waals surface area contributed by atoms with Crippen LogP contribution in [0.25, 0.3) is 0 Å². The molecule has 0 radical (unpaired) electrons.